The highest BCUT2D eigenvalue weighted by molar-refractivity contribution is 4.80. The van der Waals surface area contributed by atoms with Crippen LogP contribution in [0, 0.1) is 5.41 Å². The Kier molecular flexibility index (Phi) is 4.56. The molecule has 15 heavy (non-hydrogen) atoms. The second-order valence-electron chi connectivity index (χ2n) is 5.76. The van der Waals surface area contributed by atoms with Gasteiger partial charge in [0.2, 0.25) is 0 Å². The van der Waals surface area contributed by atoms with Gasteiger partial charge < -0.3 is 15.4 Å². The molecule has 0 aromatic heterocycles. The summed E-state index contributed by atoms with van der Waals surface area (Å²) in [6, 6.07) is 0.888. The molecule has 2 atom stereocenters. The lowest BCUT2D eigenvalue weighted by Gasteiger charge is -2.30. The van der Waals surface area contributed by atoms with Crippen LogP contribution in [0.15, 0.2) is 0 Å². The van der Waals surface area contributed by atoms with Gasteiger partial charge in [-0.3, -0.25) is 0 Å². The third kappa shape index (κ3) is 4.09. The Morgan fingerprint density at radius 3 is 2.60 bits per heavy atom. The second kappa shape index (κ2) is 5.28. The minimum absolute atomic E-state index is 0.215. The monoisotopic (exact) mass is 214 g/mol. The van der Waals surface area contributed by atoms with E-state index < -0.39 is 0 Å². The normalized spacial score (nSPS) is 24.8. The van der Waals surface area contributed by atoms with Gasteiger partial charge in [-0.2, -0.15) is 0 Å². The minimum Gasteiger partial charge on any atom is -0.380 e. The van der Waals surface area contributed by atoms with Crippen LogP contribution in [0.1, 0.15) is 33.6 Å². The van der Waals surface area contributed by atoms with Gasteiger partial charge in [0.1, 0.15) is 0 Å². The van der Waals surface area contributed by atoms with E-state index in [1.807, 2.05) is 0 Å². The molecular formula is C12H26N2O. The molecule has 0 aromatic carbocycles. The summed E-state index contributed by atoms with van der Waals surface area (Å²) in [4.78, 5) is 2.39. The zero-order valence-corrected chi connectivity index (χ0v) is 10.6. The summed E-state index contributed by atoms with van der Waals surface area (Å²) in [6.07, 6.45) is 2.23. The second-order valence-corrected chi connectivity index (χ2v) is 5.76. The van der Waals surface area contributed by atoms with Gasteiger partial charge in [0.15, 0.2) is 0 Å². The Morgan fingerprint density at radius 2 is 2.13 bits per heavy atom. The summed E-state index contributed by atoms with van der Waals surface area (Å²) in [6.45, 7) is 9.50. The van der Waals surface area contributed by atoms with Crippen LogP contribution in [0.5, 0.6) is 0 Å². The van der Waals surface area contributed by atoms with E-state index in [2.05, 4.69) is 32.7 Å². The minimum atomic E-state index is 0.215. The summed E-state index contributed by atoms with van der Waals surface area (Å²) in [5.74, 6) is 0. The first-order valence-electron chi connectivity index (χ1n) is 5.95. The Hall–Kier alpha value is -0.120. The largest absolute Gasteiger partial charge is 0.380 e. The van der Waals surface area contributed by atoms with Crippen molar-refractivity contribution >= 4 is 0 Å². The fourth-order valence-corrected chi connectivity index (χ4v) is 1.83. The molecule has 90 valence electrons. The molecule has 2 unspecified atom stereocenters. The summed E-state index contributed by atoms with van der Waals surface area (Å²) >= 11 is 0. The molecule has 0 amide bonds. The third-order valence-corrected chi connectivity index (χ3v) is 3.43. The van der Waals surface area contributed by atoms with Crippen LogP contribution in [-0.4, -0.2) is 43.8 Å². The summed E-state index contributed by atoms with van der Waals surface area (Å²) < 4.78 is 5.38. The highest BCUT2D eigenvalue weighted by Crippen LogP contribution is 2.20. The van der Waals surface area contributed by atoms with Crippen molar-refractivity contribution in [3.63, 3.8) is 0 Å². The zero-order valence-electron chi connectivity index (χ0n) is 10.6. The van der Waals surface area contributed by atoms with Gasteiger partial charge >= 0.3 is 0 Å². The van der Waals surface area contributed by atoms with Gasteiger partial charge in [-0.05, 0) is 31.8 Å². The lowest BCUT2D eigenvalue weighted by molar-refractivity contribution is 0.153. The lowest BCUT2D eigenvalue weighted by Crippen LogP contribution is -2.40. The molecule has 3 heteroatoms. The molecule has 0 aromatic rings. The van der Waals surface area contributed by atoms with Crippen molar-refractivity contribution < 1.29 is 4.74 Å². The molecule has 0 saturated carbocycles. The molecular weight excluding hydrogens is 188 g/mol. The quantitative estimate of drug-likeness (QED) is 0.770. The van der Waals surface area contributed by atoms with Crippen molar-refractivity contribution in [3.05, 3.63) is 0 Å². The standard InChI is InChI=1S/C12H26N2O/c1-12(2,3)11(13)5-7-14(4)10-6-8-15-9-10/h10-11H,5-9,13H2,1-4H3. The predicted molar refractivity (Wildman–Crippen MR) is 63.9 cm³/mol. The van der Waals surface area contributed by atoms with E-state index in [0.29, 0.717) is 6.04 Å². The van der Waals surface area contributed by atoms with Gasteiger partial charge in [0.05, 0.1) is 6.61 Å². The molecule has 1 fully saturated rings. The first-order chi connectivity index (χ1) is 6.91. The summed E-state index contributed by atoms with van der Waals surface area (Å²) in [5.41, 5.74) is 6.36. The lowest BCUT2D eigenvalue weighted by atomic mass is 9.85. The number of rotatable bonds is 4. The third-order valence-electron chi connectivity index (χ3n) is 3.43. The maximum absolute atomic E-state index is 6.14. The molecule has 0 spiro atoms. The molecule has 0 radical (unpaired) electrons. The highest BCUT2D eigenvalue weighted by Gasteiger charge is 2.24. The van der Waals surface area contributed by atoms with E-state index >= 15 is 0 Å². The van der Waals surface area contributed by atoms with Gasteiger partial charge in [0, 0.05) is 18.7 Å². The molecule has 0 bridgehead atoms. The molecule has 1 rings (SSSR count). The average Bonchev–Trinajstić information content (AvgIpc) is 2.64. The first kappa shape index (κ1) is 12.9. The number of likely N-dealkylation sites (N-methyl/N-ethyl adjacent to an activating group) is 1. The van der Waals surface area contributed by atoms with Gasteiger partial charge in [-0.1, -0.05) is 20.8 Å². The molecule has 1 saturated heterocycles. The van der Waals surface area contributed by atoms with Crippen molar-refractivity contribution in [1.82, 2.24) is 4.90 Å². The SMILES string of the molecule is CN(CCC(N)C(C)(C)C)C1CCOC1. The van der Waals surface area contributed by atoms with Gasteiger partial charge in [0.25, 0.3) is 0 Å². The molecule has 3 nitrogen and oxygen atoms in total. The average molecular weight is 214 g/mol. The maximum Gasteiger partial charge on any atom is 0.0622 e. The van der Waals surface area contributed by atoms with Gasteiger partial charge in [-0.15, -0.1) is 0 Å². The van der Waals surface area contributed by atoms with Crippen molar-refractivity contribution in [2.24, 2.45) is 11.1 Å². The smallest absolute Gasteiger partial charge is 0.0622 e. The topological polar surface area (TPSA) is 38.5 Å². The van der Waals surface area contributed by atoms with E-state index in [1.54, 1.807) is 0 Å². The molecule has 1 aliphatic heterocycles. The zero-order chi connectivity index (χ0) is 11.5. The Bertz CT molecular complexity index is 183. The van der Waals surface area contributed by atoms with Crippen LogP contribution in [0.25, 0.3) is 0 Å². The first-order valence-corrected chi connectivity index (χ1v) is 5.95. The molecule has 1 aliphatic rings. The van der Waals surface area contributed by atoms with Crippen LogP contribution >= 0.6 is 0 Å². The number of hydrogen-bond acceptors (Lipinski definition) is 3. The molecule has 2 N–H and O–H groups in total. The van der Waals surface area contributed by atoms with Gasteiger partial charge in [-0.25, -0.2) is 0 Å². The number of hydrogen-bond donors (Lipinski definition) is 1. The maximum atomic E-state index is 6.14. The predicted octanol–water partition coefficient (Wildman–Crippen LogP) is 1.47. The number of nitrogens with two attached hydrogens (primary N) is 1. The van der Waals surface area contributed by atoms with Crippen LogP contribution in [0.3, 0.4) is 0 Å². The molecule has 0 aliphatic carbocycles. The number of nitrogens with zero attached hydrogens (tertiary/aromatic N) is 1. The molecule has 1 heterocycles. The Labute approximate surface area is 94.0 Å². The fraction of sp³-hybridized carbons (Fsp3) is 1.00. The van der Waals surface area contributed by atoms with Crippen LogP contribution in [0.4, 0.5) is 0 Å². The van der Waals surface area contributed by atoms with Crippen molar-refractivity contribution in [2.75, 3.05) is 26.8 Å². The Morgan fingerprint density at radius 1 is 1.47 bits per heavy atom. The summed E-state index contributed by atoms with van der Waals surface area (Å²) in [7, 11) is 2.18. The van der Waals surface area contributed by atoms with E-state index in [0.717, 1.165) is 26.2 Å². The highest BCUT2D eigenvalue weighted by atomic mass is 16.5. The van der Waals surface area contributed by atoms with E-state index in [4.69, 9.17) is 10.5 Å². The van der Waals surface area contributed by atoms with E-state index in [-0.39, 0.29) is 11.5 Å². The summed E-state index contributed by atoms with van der Waals surface area (Å²) in [5, 5.41) is 0. The van der Waals surface area contributed by atoms with Crippen molar-refractivity contribution in [2.45, 2.75) is 45.7 Å². The number of ether oxygens (including phenoxy) is 1. The Balaban J connectivity index is 2.24. The van der Waals surface area contributed by atoms with Crippen LogP contribution < -0.4 is 5.73 Å². The van der Waals surface area contributed by atoms with Crippen LogP contribution in [-0.2, 0) is 4.74 Å². The van der Waals surface area contributed by atoms with Crippen LogP contribution in [0.2, 0.25) is 0 Å². The van der Waals surface area contributed by atoms with E-state index in [9.17, 15) is 0 Å². The fourth-order valence-electron chi connectivity index (χ4n) is 1.83. The van der Waals surface area contributed by atoms with Crippen molar-refractivity contribution in [1.29, 1.82) is 0 Å². The van der Waals surface area contributed by atoms with Crippen molar-refractivity contribution in [3.8, 4) is 0 Å². The van der Waals surface area contributed by atoms with E-state index in [1.165, 1.54) is 6.42 Å².